The first-order valence-corrected chi connectivity index (χ1v) is 9.38. The number of nitrogens with zero attached hydrogens (tertiary/aromatic N) is 2. The van der Waals surface area contributed by atoms with Crippen molar-refractivity contribution in [3.05, 3.63) is 56.4 Å². The number of hydrogen-bond donors (Lipinski definition) is 1. The van der Waals surface area contributed by atoms with Gasteiger partial charge in [0.2, 0.25) is 0 Å². The molecule has 0 atom stereocenters. The smallest absolute Gasteiger partial charge is 0.271 e. The van der Waals surface area contributed by atoms with E-state index in [9.17, 15) is 9.59 Å². The maximum absolute atomic E-state index is 13.0. The predicted molar refractivity (Wildman–Crippen MR) is 102 cm³/mol. The fourth-order valence-electron chi connectivity index (χ4n) is 3.33. The third kappa shape index (κ3) is 2.78. The van der Waals surface area contributed by atoms with Gasteiger partial charge in [0.15, 0.2) is 4.96 Å². The van der Waals surface area contributed by atoms with Crippen molar-refractivity contribution in [3.63, 3.8) is 0 Å². The van der Waals surface area contributed by atoms with Crippen LogP contribution in [-0.2, 0) is 12.8 Å². The van der Waals surface area contributed by atoms with Crippen LogP contribution in [0, 0.1) is 6.92 Å². The Morgan fingerprint density at radius 1 is 1.31 bits per heavy atom. The summed E-state index contributed by atoms with van der Waals surface area (Å²) in [7, 11) is 1.54. The van der Waals surface area contributed by atoms with Crippen molar-refractivity contribution in [2.75, 3.05) is 12.4 Å². The molecule has 1 aliphatic carbocycles. The van der Waals surface area contributed by atoms with Gasteiger partial charge in [-0.15, -0.1) is 11.3 Å². The fraction of sp³-hybridized carbons (Fsp3) is 0.316. The van der Waals surface area contributed by atoms with Gasteiger partial charge in [-0.1, -0.05) is 6.07 Å². The third-order valence-corrected chi connectivity index (χ3v) is 5.81. The lowest BCUT2D eigenvalue weighted by Gasteiger charge is -2.12. The summed E-state index contributed by atoms with van der Waals surface area (Å²) >= 11 is 1.55. The lowest BCUT2D eigenvalue weighted by atomic mass is 10.0. The summed E-state index contributed by atoms with van der Waals surface area (Å²) in [5, 5.41) is 2.78. The van der Waals surface area contributed by atoms with Crippen LogP contribution in [0.3, 0.4) is 0 Å². The molecule has 2 aromatic heterocycles. The van der Waals surface area contributed by atoms with E-state index in [1.807, 2.05) is 19.1 Å². The van der Waals surface area contributed by atoms with Gasteiger partial charge in [-0.05, 0) is 50.3 Å². The normalized spacial score (nSPS) is 13.5. The Morgan fingerprint density at radius 2 is 2.12 bits per heavy atom. The van der Waals surface area contributed by atoms with Gasteiger partial charge in [0.25, 0.3) is 11.5 Å². The van der Waals surface area contributed by atoms with Gasteiger partial charge in [-0.25, -0.2) is 4.98 Å². The Labute approximate surface area is 154 Å². The van der Waals surface area contributed by atoms with Crippen molar-refractivity contribution in [2.24, 2.45) is 0 Å². The molecule has 1 aliphatic rings. The fourth-order valence-corrected chi connectivity index (χ4v) is 4.50. The van der Waals surface area contributed by atoms with Gasteiger partial charge in [-0.2, -0.15) is 0 Å². The zero-order valence-electron chi connectivity index (χ0n) is 14.7. The summed E-state index contributed by atoms with van der Waals surface area (Å²) in [6.07, 6.45) is 5.40. The molecule has 0 aliphatic heterocycles. The van der Waals surface area contributed by atoms with Gasteiger partial charge in [0.1, 0.15) is 11.3 Å². The van der Waals surface area contributed by atoms with E-state index in [1.165, 1.54) is 11.1 Å². The summed E-state index contributed by atoms with van der Waals surface area (Å²) in [6.45, 7) is 1.93. The van der Waals surface area contributed by atoms with Gasteiger partial charge in [0, 0.05) is 16.8 Å². The molecule has 6 nitrogen and oxygen atoms in total. The summed E-state index contributed by atoms with van der Waals surface area (Å²) in [6, 6.07) is 5.50. The number of carbonyl (C=O) groups is 1. The number of benzene rings is 1. The number of carbonyl (C=O) groups excluding carboxylic acids is 1. The minimum Gasteiger partial charge on any atom is -0.495 e. The summed E-state index contributed by atoms with van der Waals surface area (Å²) in [4.78, 5) is 31.9. The van der Waals surface area contributed by atoms with Crippen LogP contribution < -0.4 is 15.6 Å². The predicted octanol–water partition coefficient (Wildman–Crippen LogP) is 3.20. The minimum absolute atomic E-state index is 0.0391. The molecule has 0 spiro atoms. The van der Waals surface area contributed by atoms with Gasteiger partial charge in [-0.3, -0.25) is 14.0 Å². The second-order valence-electron chi connectivity index (χ2n) is 6.43. The average molecular weight is 369 g/mol. The number of fused-ring (bicyclic) bond motifs is 3. The Morgan fingerprint density at radius 3 is 2.92 bits per heavy atom. The van der Waals surface area contributed by atoms with Crippen LogP contribution >= 0.6 is 11.3 Å². The van der Waals surface area contributed by atoms with E-state index in [0.29, 0.717) is 16.4 Å². The first-order chi connectivity index (χ1) is 12.6. The highest BCUT2D eigenvalue weighted by molar-refractivity contribution is 7.17. The number of aromatic nitrogens is 2. The number of hydrogen-bond acceptors (Lipinski definition) is 5. The maximum atomic E-state index is 13.0. The molecule has 3 aromatic rings. The molecule has 0 unspecified atom stereocenters. The van der Waals surface area contributed by atoms with Gasteiger partial charge < -0.3 is 10.1 Å². The highest BCUT2D eigenvalue weighted by Gasteiger charge is 2.22. The number of rotatable bonds is 3. The van der Waals surface area contributed by atoms with E-state index in [-0.39, 0.29) is 11.1 Å². The number of ether oxygens (including phenoxy) is 1. The summed E-state index contributed by atoms with van der Waals surface area (Å²) in [5.41, 5.74) is 2.26. The van der Waals surface area contributed by atoms with Crippen molar-refractivity contribution in [1.29, 1.82) is 0 Å². The number of methoxy groups -OCH3 is 1. The van der Waals surface area contributed by atoms with Crippen LogP contribution in [0.2, 0.25) is 0 Å². The average Bonchev–Trinajstić information content (AvgIpc) is 3.01. The molecule has 26 heavy (non-hydrogen) atoms. The van der Waals surface area contributed by atoms with Crippen LogP contribution in [0.5, 0.6) is 5.75 Å². The van der Waals surface area contributed by atoms with Crippen molar-refractivity contribution in [1.82, 2.24) is 9.38 Å². The molecule has 7 heteroatoms. The molecule has 1 amide bonds. The highest BCUT2D eigenvalue weighted by atomic mass is 32.1. The van der Waals surface area contributed by atoms with Crippen LogP contribution in [-0.4, -0.2) is 22.4 Å². The molecule has 134 valence electrons. The summed E-state index contributed by atoms with van der Waals surface area (Å²) < 4.78 is 6.90. The largest absolute Gasteiger partial charge is 0.495 e. The van der Waals surface area contributed by atoms with Gasteiger partial charge >= 0.3 is 0 Å². The number of nitrogens with one attached hydrogen (secondary N) is 1. The van der Waals surface area contributed by atoms with Crippen molar-refractivity contribution < 1.29 is 9.53 Å². The van der Waals surface area contributed by atoms with E-state index in [1.54, 1.807) is 28.9 Å². The van der Waals surface area contributed by atoms with E-state index in [0.717, 1.165) is 36.9 Å². The highest BCUT2D eigenvalue weighted by Crippen LogP contribution is 2.28. The molecular weight excluding hydrogens is 350 g/mol. The molecule has 0 radical (unpaired) electrons. The zero-order chi connectivity index (χ0) is 18.3. The number of aryl methyl sites for hydroxylation is 3. The topological polar surface area (TPSA) is 72.7 Å². The van der Waals surface area contributed by atoms with Crippen molar-refractivity contribution >= 4 is 27.9 Å². The number of thiazole rings is 1. The molecule has 1 N–H and O–H groups in total. The molecule has 0 saturated heterocycles. The van der Waals surface area contributed by atoms with E-state index < -0.39 is 5.91 Å². The number of amides is 1. The van der Waals surface area contributed by atoms with Crippen LogP contribution in [0.15, 0.2) is 29.2 Å². The minimum atomic E-state index is -0.475. The Bertz CT molecular complexity index is 1070. The molecule has 0 fully saturated rings. The standard InChI is InChI=1S/C19H19N3O3S/c1-11-7-8-15(25-2)13(9-11)21-17(23)12-10-20-19-22(18(12)24)14-5-3-4-6-16(14)26-19/h7-10H,3-6H2,1-2H3,(H,21,23). The lowest BCUT2D eigenvalue weighted by molar-refractivity contribution is 0.102. The van der Waals surface area contributed by atoms with Crippen LogP contribution in [0.4, 0.5) is 5.69 Å². The molecule has 0 saturated carbocycles. The maximum Gasteiger partial charge on any atom is 0.271 e. The third-order valence-electron chi connectivity index (χ3n) is 4.65. The second kappa shape index (κ2) is 6.57. The van der Waals surface area contributed by atoms with E-state index in [4.69, 9.17) is 4.74 Å². The molecule has 0 bridgehead atoms. The Kier molecular flexibility index (Phi) is 4.24. The molecule has 2 heterocycles. The summed E-state index contributed by atoms with van der Waals surface area (Å²) in [5.74, 6) is 0.0718. The van der Waals surface area contributed by atoms with E-state index >= 15 is 0 Å². The van der Waals surface area contributed by atoms with Crippen molar-refractivity contribution in [2.45, 2.75) is 32.6 Å². The number of anilines is 1. The van der Waals surface area contributed by atoms with Gasteiger partial charge in [0.05, 0.1) is 12.8 Å². The lowest BCUT2D eigenvalue weighted by Crippen LogP contribution is -2.27. The molecular formula is C19H19N3O3S. The first kappa shape index (κ1) is 16.8. The first-order valence-electron chi connectivity index (χ1n) is 8.57. The Hall–Kier alpha value is -2.67. The van der Waals surface area contributed by atoms with Crippen LogP contribution in [0.1, 0.15) is 39.3 Å². The van der Waals surface area contributed by atoms with Crippen molar-refractivity contribution in [3.8, 4) is 5.75 Å². The molecule has 4 rings (SSSR count). The van der Waals surface area contributed by atoms with E-state index in [2.05, 4.69) is 10.3 Å². The quantitative estimate of drug-likeness (QED) is 0.769. The Balaban J connectivity index is 1.75. The monoisotopic (exact) mass is 369 g/mol. The zero-order valence-corrected chi connectivity index (χ0v) is 15.5. The molecule has 1 aromatic carbocycles. The SMILES string of the molecule is COc1ccc(C)cc1NC(=O)c1cnc2sc3c(n2c1=O)CCCC3. The second-order valence-corrected chi connectivity index (χ2v) is 7.49. The van der Waals surface area contributed by atoms with Crippen LogP contribution in [0.25, 0.3) is 4.96 Å².